The Morgan fingerprint density at radius 1 is 1.78 bits per heavy atom. The molecule has 0 saturated carbocycles. The van der Waals surface area contributed by atoms with E-state index in [1.807, 2.05) is 0 Å². The largest absolute Gasteiger partial charge is 0.366 e. The lowest BCUT2D eigenvalue weighted by atomic mass is 10.6. The van der Waals surface area contributed by atoms with E-state index in [2.05, 4.69) is 0 Å². The molecule has 0 aromatic heterocycles. The highest BCUT2D eigenvalue weighted by molar-refractivity contribution is 8.70. The van der Waals surface area contributed by atoms with Gasteiger partial charge in [0.2, 0.25) is 5.91 Å². The lowest BCUT2D eigenvalue weighted by Crippen LogP contribution is -2.05. The minimum atomic E-state index is -1.11. The van der Waals surface area contributed by atoms with Gasteiger partial charge in [0.25, 0.3) is 0 Å². The summed E-state index contributed by atoms with van der Waals surface area (Å²) in [5.41, 5.74) is 4.73. The van der Waals surface area contributed by atoms with Crippen molar-refractivity contribution in [2.75, 3.05) is 6.26 Å². The average Bonchev–Trinajstić information content (AvgIpc) is 1.83. The molecule has 0 heterocycles. The van der Waals surface area contributed by atoms with Gasteiger partial charge in [0.15, 0.2) is 0 Å². The number of primary amides is 1. The van der Waals surface area contributed by atoms with Crippen molar-refractivity contribution in [3.63, 3.8) is 0 Å². The Labute approximate surface area is 59.5 Å². The maximum atomic E-state index is 10.5. The summed E-state index contributed by atoms with van der Waals surface area (Å²) in [4.78, 5) is 10.0. The number of nitrogens with two attached hydrogens (primary N) is 1. The maximum absolute atomic E-state index is 10.5. The minimum Gasteiger partial charge on any atom is -0.366 e. The fraction of sp³-hybridized carbons (Fsp3) is 0.250. The van der Waals surface area contributed by atoms with Crippen molar-refractivity contribution in [1.82, 2.24) is 0 Å². The molecule has 0 spiro atoms. The van der Waals surface area contributed by atoms with E-state index in [9.17, 15) is 9.00 Å². The molecule has 2 N–H and O–H groups in total. The molecule has 0 aliphatic heterocycles. The van der Waals surface area contributed by atoms with E-state index in [1.54, 1.807) is 6.26 Å². The summed E-state index contributed by atoms with van der Waals surface area (Å²) in [7, 11) is 0.0321. The molecule has 0 aromatic carbocycles. The first-order chi connectivity index (χ1) is 4.16. The lowest BCUT2D eigenvalue weighted by Gasteiger charge is -1.82. The standard InChI is InChI=1S/C4H7NO2S2/c1-8-9(7)3-2-4(5)6/h2-3H,1H3,(H2,5,6). The van der Waals surface area contributed by atoms with E-state index in [0.717, 1.165) is 16.9 Å². The van der Waals surface area contributed by atoms with Crippen LogP contribution in [0.5, 0.6) is 0 Å². The van der Waals surface area contributed by atoms with E-state index in [0.29, 0.717) is 0 Å². The average molecular weight is 165 g/mol. The third-order valence-electron chi connectivity index (χ3n) is 0.508. The zero-order valence-corrected chi connectivity index (χ0v) is 6.50. The van der Waals surface area contributed by atoms with Crippen LogP contribution in [0.4, 0.5) is 0 Å². The summed E-state index contributed by atoms with van der Waals surface area (Å²) in [6.45, 7) is 0. The third kappa shape index (κ3) is 5.58. The lowest BCUT2D eigenvalue weighted by molar-refractivity contribution is -0.113. The van der Waals surface area contributed by atoms with E-state index in [4.69, 9.17) is 5.73 Å². The molecule has 1 unspecified atom stereocenters. The summed E-state index contributed by atoms with van der Waals surface area (Å²) in [5.74, 6) is -0.572. The second kappa shape index (κ2) is 4.58. The summed E-state index contributed by atoms with van der Waals surface area (Å²) >= 11 is 0. The zero-order chi connectivity index (χ0) is 7.28. The first-order valence-electron chi connectivity index (χ1n) is 2.09. The van der Waals surface area contributed by atoms with Crippen LogP contribution in [0.1, 0.15) is 0 Å². The van der Waals surface area contributed by atoms with Gasteiger partial charge >= 0.3 is 0 Å². The fourth-order valence-corrected chi connectivity index (χ4v) is 1.03. The molecule has 9 heavy (non-hydrogen) atoms. The van der Waals surface area contributed by atoms with Gasteiger partial charge in [-0.25, -0.2) is 4.21 Å². The topological polar surface area (TPSA) is 60.2 Å². The summed E-state index contributed by atoms with van der Waals surface area (Å²) < 4.78 is 10.5. The summed E-state index contributed by atoms with van der Waals surface area (Å²) in [6.07, 6.45) is 2.77. The van der Waals surface area contributed by atoms with Gasteiger partial charge in [0.1, 0.15) is 9.83 Å². The number of hydrogen-bond donors (Lipinski definition) is 1. The van der Waals surface area contributed by atoms with E-state index in [1.165, 1.54) is 5.41 Å². The number of carbonyl (C=O) groups is 1. The maximum Gasteiger partial charge on any atom is 0.242 e. The van der Waals surface area contributed by atoms with Crippen molar-refractivity contribution >= 4 is 26.5 Å². The first-order valence-corrected chi connectivity index (χ1v) is 5.05. The molecule has 0 fully saturated rings. The van der Waals surface area contributed by atoms with Crippen LogP contribution >= 0.6 is 10.8 Å². The van der Waals surface area contributed by atoms with Crippen molar-refractivity contribution in [3.05, 3.63) is 11.5 Å². The number of carbonyl (C=O) groups excluding carboxylic acids is 1. The molecule has 5 heteroatoms. The molecule has 0 bridgehead atoms. The molecule has 3 nitrogen and oxygen atoms in total. The van der Waals surface area contributed by atoms with E-state index >= 15 is 0 Å². The highest BCUT2D eigenvalue weighted by Crippen LogP contribution is 2.01. The Morgan fingerprint density at radius 3 is 2.67 bits per heavy atom. The van der Waals surface area contributed by atoms with Crippen LogP contribution in [0.2, 0.25) is 0 Å². The molecule has 1 atom stereocenters. The predicted molar refractivity (Wildman–Crippen MR) is 40.0 cm³/mol. The second-order valence-electron chi connectivity index (χ2n) is 1.13. The van der Waals surface area contributed by atoms with Crippen LogP contribution in [0.3, 0.4) is 0 Å². The van der Waals surface area contributed by atoms with Crippen molar-refractivity contribution in [2.45, 2.75) is 0 Å². The Balaban J connectivity index is 3.71. The monoisotopic (exact) mass is 165 g/mol. The highest BCUT2D eigenvalue weighted by atomic mass is 33.1. The van der Waals surface area contributed by atoms with Crippen molar-refractivity contribution in [1.29, 1.82) is 0 Å². The van der Waals surface area contributed by atoms with Gasteiger partial charge in [-0.2, -0.15) is 0 Å². The molecule has 0 saturated heterocycles. The van der Waals surface area contributed by atoms with Crippen LogP contribution in [0, 0.1) is 0 Å². The first kappa shape index (κ1) is 8.71. The van der Waals surface area contributed by atoms with E-state index in [-0.39, 0.29) is 0 Å². The normalized spacial score (nSPS) is 13.9. The smallest absolute Gasteiger partial charge is 0.242 e. The number of rotatable bonds is 3. The Kier molecular flexibility index (Phi) is 4.43. The van der Waals surface area contributed by atoms with Gasteiger partial charge in [0.05, 0.1) is 0 Å². The molecule has 0 rings (SSSR count). The van der Waals surface area contributed by atoms with Gasteiger partial charge in [-0.05, 0) is 6.26 Å². The fourth-order valence-electron chi connectivity index (χ4n) is 0.178. The molecule has 52 valence electrons. The Hall–Kier alpha value is -0.290. The summed E-state index contributed by atoms with van der Waals surface area (Å²) in [5, 5.41) is 1.26. The Morgan fingerprint density at radius 2 is 2.33 bits per heavy atom. The van der Waals surface area contributed by atoms with Crippen LogP contribution in [-0.4, -0.2) is 16.4 Å². The van der Waals surface area contributed by atoms with Crippen molar-refractivity contribution in [2.24, 2.45) is 5.73 Å². The highest BCUT2D eigenvalue weighted by Gasteiger charge is 1.88. The minimum absolute atomic E-state index is 0.572. The quantitative estimate of drug-likeness (QED) is 0.473. The Bertz CT molecular complexity index is 155. The molecule has 0 aliphatic rings. The van der Waals surface area contributed by atoms with Crippen LogP contribution in [0.25, 0.3) is 0 Å². The van der Waals surface area contributed by atoms with Gasteiger partial charge in [-0.1, -0.05) is 10.8 Å². The predicted octanol–water partition coefficient (Wildman–Crippen LogP) is 0.0121. The van der Waals surface area contributed by atoms with Gasteiger partial charge in [0, 0.05) is 11.5 Å². The van der Waals surface area contributed by atoms with Crippen LogP contribution in [0.15, 0.2) is 11.5 Å². The molecular formula is C4H7NO2S2. The molecule has 1 amide bonds. The number of amides is 1. The zero-order valence-electron chi connectivity index (χ0n) is 4.87. The summed E-state index contributed by atoms with van der Waals surface area (Å²) in [6, 6.07) is 0. The molecule has 0 radical (unpaired) electrons. The second-order valence-corrected chi connectivity index (χ2v) is 4.24. The third-order valence-corrected chi connectivity index (χ3v) is 2.51. The van der Waals surface area contributed by atoms with Crippen molar-refractivity contribution in [3.8, 4) is 0 Å². The van der Waals surface area contributed by atoms with Gasteiger partial charge in [-0.15, -0.1) is 0 Å². The molecule has 0 aliphatic carbocycles. The number of hydrogen-bond acceptors (Lipinski definition) is 3. The molecular weight excluding hydrogens is 158 g/mol. The molecule has 0 aromatic rings. The van der Waals surface area contributed by atoms with Crippen molar-refractivity contribution < 1.29 is 9.00 Å². The van der Waals surface area contributed by atoms with Crippen LogP contribution < -0.4 is 5.73 Å². The van der Waals surface area contributed by atoms with Crippen LogP contribution in [-0.2, 0) is 14.6 Å². The van der Waals surface area contributed by atoms with Gasteiger partial charge < -0.3 is 5.73 Å². The van der Waals surface area contributed by atoms with E-state index < -0.39 is 15.7 Å². The SMILES string of the molecule is CSS(=O)C=CC(N)=O. The van der Waals surface area contributed by atoms with Gasteiger partial charge in [-0.3, -0.25) is 4.79 Å².